The molecule has 0 heterocycles. The van der Waals surface area contributed by atoms with E-state index in [4.69, 9.17) is 4.74 Å². The van der Waals surface area contributed by atoms with E-state index in [2.05, 4.69) is 6.92 Å². The third-order valence-corrected chi connectivity index (χ3v) is 2.32. The molecule has 1 atom stereocenters. The molecule has 0 N–H and O–H groups in total. The zero-order valence-electron chi connectivity index (χ0n) is 10.5. The van der Waals surface area contributed by atoms with E-state index in [1.165, 1.54) is 6.92 Å². The van der Waals surface area contributed by atoms with Crippen LogP contribution in [0.15, 0.2) is 12.2 Å². The lowest BCUT2D eigenvalue weighted by molar-refractivity contribution is -0.150. The van der Waals surface area contributed by atoms with Crippen molar-refractivity contribution in [2.75, 3.05) is 6.61 Å². The number of Topliss-reactive ketones (excluding diaryl/α,β-unsaturated/α-hetero) is 1. The highest BCUT2D eigenvalue weighted by Crippen LogP contribution is 2.09. The number of ketones is 1. The second kappa shape index (κ2) is 9.13. The topological polar surface area (TPSA) is 43.4 Å². The summed E-state index contributed by atoms with van der Waals surface area (Å²) in [4.78, 5) is 22.7. The Bertz CT molecular complexity index is 244. The van der Waals surface area contributed by atoms with Crippen LogP contribution in [0, 0.1) is 5.92 Å². The van der Waals surface area contributed by atoms with Crippen LogP contribution in [0.5, 0.6) is 0 Å². The molecule has 0 aliphatic rings. The predicted octanol–water partition coefficient (Wildman–Crippen LogP) is 2.89. The molecule has 3 nitrogen and oxygen atoms in total. The minimum absolute atomic E-state index is 0.126. The van der Waals surface area contributed by atoms with Crippen molar-refractivity contribution in [3.8, 4) is 0 Å². The molecular formula is C13H22O3. The molecule has 16 heavy (non-hydrogen) atoms. The lowest BCUT2D eigenvalue weighted by atomic mass is 10.0. The van der Waals surface area contributed by atoms with Gasteiger partial charge in [0.25, 0.3) is 0 Å². The van der Waals surface area contributed by atoms with Crippen molar-refractivity contribution in [1.29, 1.82) is 0 Å². The third kappa shape index (κ3) is 6.38. The molecule has 0 aliphatic heterocycles. The summed E-state index contributed by atoms with van der Waals surface area (Å²) in [5.41, 5.74) is 0. The van der Waals surface area contributed by atoms with Crippen LogP contribution in [0.25, 0.3) is 0 Å². The largest absolute Gasteiger partial charge is 0.465 e. The number of allylic oxidation sites excluding steroid dienone is 2. The molecule has 0 saturated heterocycles. The average molecular weight is 226 g/mol. The first-order valence-corrected chi connectivity index (χ1v) is 5.95. The second-order valence-corrected chi connectivity index (χ2v) is 3.76. The number of carbonyl (C=O) groups is 2. The molecule has 0 amide bonds. The average Bonchev–Trinajstić information content (AvgIpc) is 2.23. The lowest BCUT2D eigenvalue weighted by Crippen LogP contribution is -2.23. The zero-order valence-corrected chi connectivity index (χ0v) is 10.5. The van der Waals surface area contributed by atoms with Gasteiger partial charge in [0.15, 0.2) is 0 Å². The summed E-state index contributed by atoms with van der Waals surface area (Å²) in [5.74, 6) is -1.16. The number of unbranched alkanes of at least 4 members (excludes halogenated alkanes) is 2. The summed E-state index contributed by atoms with van der Waals surface area (Å²) in [6.45, 7) is 5.63. The van der Waals surface area contributed by atoms with Gasteiger partial charge in [-0.2, -0.15) is 0 Å². The maximum atomic E-state index is 11.4. The lowest BCUT2D eigenvalue weighted by Gasteiger charge is -2.09. The van der Waals surface area contributed by atoms with Crippen molar-refractivity contribution >= 4 is 11.8 Å². The Morgan fingerprint density at radius 3 is 2.44 bits per heavy atom. The van der Waals surface area contributed by atoms with Crippen LogP contribution in [0.4, 0.5) is 0 Å². The van der Waals surface area contributed by atoms with E-state index < -0.39 is 11.9 Å². The van der Waals surface area contributed by atoms with E-state index in [9.17, 15) is 9.59 Å². The van der Waals surface area contributed by atoms with Crippen molar-refractivity contribution in [3.63, 3.8) is 0 Å². The standard InChI is InChI=1S/C13H22O3/c1-4-6-7-8-9-10-12(11(3)14)13(15)16-5-2/h8-9,12H,4-7,10H2,1-3H3/b9-8+. The molecule has 0 bridgehead atoms. The van der Waals surface area contributed by atoms with E-state index in [1.54, 1.807) is 6.92 Å². The fourth-order valence-electron chi connectivity index (χ4n) is 1.34. The Kier molecular flexibility index (Phi) is 8.49. The van der Waals surface area contributed by atoms with E-state index in [1.807, 2.05) is 12.2 Å². The summed E-state index contributed by atoms with van der Waals surface area (Å²) in [5, 5.41) is 0. The first kappa shape index (κ1) is 14.9. The maximum Gasteiger partial charge on any atom is 0.316 e. The van der Waals surface area contributed by atoms with E-state index >= 15 is 0 Å². The SMILES string of the molecule is CCCC/C=C/CC(C(C)=O)C(=O)OCC. The van der Waals surface area contributed by atoms with Gasteiger partial charge in [-0.1, -0.05) is 31.9 Å². The quantitative estimate of drug-likeness (QED) is 0.276. The van der Waals surface area contributed by atoms with E-state index in [0.717, 1.165) is 19.3 Å². The number of carbonyl (C=O) groups excluding carboxylic acids is 2. The minimum atomic E-state index is -0.627. The summed E-state index contributed by atoms with van der Waals surface area (Å²) < 4.78 is 4.85. The van der Waals surface area contributed by atoms with Crippen LogP contribution in [0.3, 0.4) is 0 Å². The van der Waals surface area contributed by atoms with Gasteiger partial charge in [-0.05, 0) is 26.7 Å². The van der Waals surface area contributed by atoms with Crippen molar-refractivity contribution in [1.82, 2.24) is 0 Å². The Labute approximate surface area is 97.9 Å². The molecule has 0 fully saturated rings. The number of rotatable bonds is 8. The molecule has 0 rings (SSSR count). The third-order valence-electron chi connectivity index (χ3n) is 2.32. The van der Waals surface area contributed by atoms with Gasteiger partial charge < -0.3 is 4.74 Å². The fourth-order valence-corrected chi connectivity index (χ4v) is 1.34. The Morgan fingerprint density at radius 1 is 1.25 bits per heavy atom. The maximum absolute atomic E-state index is 11.4. The van der Waals surface area contributed by atoms with Crippen molar-refractivity contribution in [2.45, 2.75) is 46.5 Å². The smallest absolute Gasteiger partial charge is 0.316 e. The fraction of sp³-hybridized carbons (Fsp3) is 0.692. The molecule has 0 radical (unpaired) electrons. The van der Waals surface area contributed by atoms with Crippen LogP contribution in [0.1, 0.15) is 46.5 Å². The van der Waals surface area contributed by atoms with Gasteiger partial charge in [-0.3, -0.25) is 9.59 Å². The van der Waals surface area contributed by atoms with Crippen LogP contribution in [-0.2, 0) is 14.3 Å². The van der Waals surface area contributed by atoms with Gasteiger partial charge in [-0.15, -0.1) is 0 Å². The van der Waals surface area contributed by atoms with Crippen LogP contribution >= 0.6 is 0 Å². The first-order valence-electron chi connectivity index (χ1n) is 5.95. The second-order valence-electron chi connectivity index (χ2n) is 3.76. The molecule has 0 spiro atoms. The molecule has 3 heteroatoms. The summed E-state index contributed by atoms with van der Waals surface area (Å²) in [6.07, 6.45) is 7.68. The van der Waals surface area contributed by atoms with Gasteiger partial charge in [0.1, 0.15) is 11.7 Å². The van der Waals surface area contributed by atoms with Gasteiger partial charge in [0.05, 0.1) is 6.61 Å². The number of hydrogen-bond donors (Lipinski definition) is 0. The van der Waals surface area contributed by atoms with Crippen LogP contribution in [0.2, 0.25) is 0 Å². The van der Waals surface area contributed by atoms with Crippen molar-refractivity contribution < 1.29 is 14.3 Å². The van der Waals surface area contributed by atoms with Crippen LogP contribution < -0.4 is 0 Å². The van der Waals surface area contributed by atoms with Gasteiger partial charge in [0.2, 0.25) is 0 Å². The van der Waals surface area contributed by atoms with Crippen LogP contribution in [-0.4, -0.2) is 18.4 Å². The van der Waals surface area contributed by atoms with E-state index in [0.29, 0.717) is 13.0 Å². The highest BCUT2D eigenvalue weighted by Gasteiger charge is 2.22. The molecule has 1 unspecified atom stereocenters. The van der Waals surface area contributed by atoms with Gasteiger partial charge in [0, 0.05) is 0 Å². The number of ether oxygens (including phenoxy) is 1. The normalized spacial score (nSPS) is 12.7. The molecule has 0 saturated carbocycles. The molecular weight excluding hydrogens is 204 g/mol. The number of esters is 1. The first-order chi connectivity index (χ1) is 7.63. The molecule has 0 aromatic heterocycles. The monoisotopic (exact) mass is 226 g/mol. The molecule has 0 aromatic rings. The summed E-state index contributed by atoms with van der Waals surface area (Å²) in [7, 11) is 0. The Morgan fingerprint density at radius 2 is 1.94 bits per heavy atom. The summed E-state index contributed by atoms with van der Waals surface area (Å²) >= 11 is 0. The van der Waals surface area contributed by atoms with Crippen molar-refractivity contribution in [2.24, 2.45) is 5.92 Å². The van der Waals surface area contributed by atoms with Gasteiger partial charge in [-0.25, -0.2) is 0 Å². The highest BCUT2D eigenvalue weighted by molar-refractivity contribution is 5.97. The summed E-state index contributed by atoms with van der Waals surface area (Å²) in [6, 6.07) is 0. The number of hydrogen-bond acceptors (Lipinski definition) is 3. The van der Waals surface area contributed by atoms with Gasteiger partial charge >= 0.3 is 5.97 Å². The highest BCUT2D eigenvalue weighted by atomic mass is 16.5. The Balaban J connectivity index is 4.09. The molecule has 0 aromatic carbocycles. The molecule has 0 aliphatic carbocycles. The predicted molar refractivity (Wildman–Crippen MR) is 64.1 cm³/mol. The van der Waals surface area contributed by atoms with Crippen molar-refractivity contribution in [3.05, 3.63) is 12.2 Å². The Hall–Kier alpha value is -1.12. The molecule has 92 valence electrons. The zero-order chi connectivity index (χ0) is 12.4. The minimum Gasteiger partial charge on any atom is -0.465 e. The van der Waals surface area contributed by atoms with E-state index in [-0.39, 0.29) is 5.78 Å².